The van der Waals surface area contributed by atoms with E-state index in [1.165, 1.54) is 0 Å². The maximum Gasteiger partial charge on any atom is 0.143 e. The Labute approximate surface area is 115 Å². The Hall–Kier alpha value is -1.42. The summed E-state index contributed by atoms with van der Waals surface area (Å²) in [6, 6.07) is 5.89. The third-order valence-electron chi connectivity index (χ3n) is 3.30. The van der Waals surface area contributed by atoms with Crippen LogP contribution in [0.25, 0.3) is 0 Å². The number of nitrogen functional groups attached to an aromatic ring is 1. The van der Waals surface area contributed by atoms with Gasteiger partial charge in [0.2, 0.25) is 0 Å². The van der Waals surface area contributed by atoms with E-state index in [2.05, 4.69) is 32.6 Å². The smallest absolute Gasteiger partial charge is 0.143 e. The van der Waals surface area contributed by atoms with Crippen molar-refractivity contribution in [3.8, 4) is 5.75 Å². The summed E-state index contributed by atoms with van der Waals surface area (Å²) in [5.41, 5.74) is 7.51. The second-order valence-corrected chi connectivity index (χ2v) is 6.37. The number of rotatable bonds is 2. The molecule has 0 aromatic heterocycles. The molecule has 0 atom stereocenters. The van der Waals surface area contributed by atoms with Gasteiger partial charge in [-0.15, -0.1) is 0 Å². The van der Waals surface area contributed by atoms with Gasteiger partial charge >= 0.3 is 0 Å². The maximum absolute atomic E-state index is 6.19. The number of hydrogen-bond donors (Lipinski definition) is 1. The monoisotopic (exact) mass is 264 g/mol. The molecule has 4 nitrogen and oxygen atoms in total. The topological polar surface area (TPSA) is 47.7 Å². The molecule has 2 rings (SSSR count). The first-order chi connectivity index (χ1) is 8.74. The Bertz CT molecular complexity index is 453. The zero-order valence-electron chi connectivity index (χ0n) is 12.5. The lowest BCUT2D eigenvalue weighted by Crippen LogP contribution is -2.57. The summed E-state index contributed by atoms with van der Waals surface area (Å²) in [5, 5.41) is 0. The molecular formula is C15H24N2O2. The van der Waals surface area contributed by atoms with Gasteiger partial charge in [-0.05, 0) is 39.8 Å². The van der Waals surface area contributed by atoms with Gasteiger partial charge in [-0.2, -0.15) is 0 Å². The molecule has 0 bridgehead atoms. The molecule has 1 saturated heterocycles. The van der Waals surface area contributed by atoms with E-state index < -0.39 is 0 Å². The fraction of sp³-hybridized carbons (Fsp3) is 0.600. The maximum atomic E-state index is 6.19. The minimum Gasteiger partial charge on any atom is -0.495 e. The van der Waals surface area contributed by atoms with Gasteiger partial charge in [0.1, 0.15) is 5.75 Å². The Morgan fingerprint density at radius 1 is 1.16 bits per heavy atom. The quantitative estimate of drug-likeness (QED) is 0.834. The summed E-state index contributed by atoms with van der Waals surface area (Å²) >= 11 is 0. The molecule has 1 aliphatic heterocycles. The number of morpholine rings is 1. The van der Waals surface area contributed by atoms with Crippen LogP contribution < -0.4 is 15.4 Å². The van der Waals surface area contributed by atoms with Crippen molar-refractivity contribution >= 4 is 11.4 Å². The molecule has 1 aromatic rings. The van der Waals surface area contributed by atoms with Crippen molar-refractivity contribution in [1.29, 1.82) is 0 Å². The van der Waals surface area contributed by atoms with Gasteiger partial charge in [-0.3, -0.25) is 0 Å². The lowest BCUT2D eigenvalue weighted by molar-refractivity contribution is -0.133. The number of nitrogens with two attached hydrogens (primary N) is 1. The molecule has 0 unspecified atom stereocenters. The van der Waals surface area contributed by atoms with E-state index in [1.807, 2.05) is 18.2 Å². The van der Waals surface area contributed by atoms with Crippen molar-refractivity contribution < 1.29 is 9.47 Å². The van der Waals surface area contributed by atoms with E-state index in [-0.39, 0.29) is 11.2 Å². The first-order valence-corrected chi connectivity index (χ1v) is 6.62. The van der Waals surface area contributed by atoms with E-state index >= 15 is 0 Å². The van der Waals surface area contributed by atoms with Gasteiger partial charge < -0.3 is 20.1 Å². The summed E-state index contributed by atoms with van der Waals surface area (Å²) in [7, 11) is 1.64. The van der Waals surface area contributed by atoms with Crippen molar-refractivity contribution in [2.45, 2.75) is 38.9 Å². The van der Waals surface area contributed by atoms with Gasteiger partial charge in [0, 0.05) is 13.1 Å². The average Bonchev–Trinajstić information content (AvgIpc) is 2.25. The third-order valence-corrected chi connectivity index (χ3v) is 3.30. The number of hydrogen-bond acceptors (Lipinski definition) is 4. The largest absolute Gasteiger partial charge is 0.495 e. The van der Waals surface area contributed by atoms with Crippen LogP contribution in [0.1, 0.15) is 27.7 Å². The number of para-hydroxylation sites is 1. The first-order valence-electron chi connectivity index (χ1n) is 6.62. The van der Waals surface area contributed by atoms with Crippen LogP contribution in [-0.4, -0.2) is 31.4 Å². The Morgan fingerprint density at radius 2 is 1.74 bits per heavy atom. The van der Waals surface area contributed by atoms with Gasteiger partial charge in [0.05, 0.1) is 29.7 Å². The van der Waals surface area contributed by atoms with Crippen molar-refractivity contribution in [2.24, 2.45) is 0 Å². The van der Waals surface area contributed by atoms with Crippen LogP contribution in [0.5, 0.6) is 5.75 Å². The second-order valence-electron chi connectivity index (χ2n) is 6.37. The molecule has 1 aromatic carbocycles. The van der Waals surface area contributed by atoms with Gasteiger partial charge in [-0.25, -0.2) is 0 Å². The normalized spacial score (nSPS) is 21.2. The highest BCUT2D eigenvalue weighted by molar-refractivity contribution is 5.74. The van der Waals surface area contributed by atoms with Crippen LogP contribution >= 0.6 is 0 Å². The Kier molecular flexibility index (Phi) is 3.39. The molecule has 0 amide bonds. The van der Waals surface area contributed by atoms with Gasteiger partial charge in [0.15, 0.2) is 0 Å². The number of anilines is 2. The van der Waals surface area contributed by atoms with E-state index in [0.29, 0.717) is 5.69 Å². The van der Waals surface area contributed by atoms with Crippen LogP contribution in [0.3, 0.4) is 0 Å². The molecule has 0 radical (unpaired) electrons. The molecule has 0 spiro atoms. The molecule has 106 valence electrons. The van der Waals surface area contributed by atoms with Crippen LogP contribution in [0, 0.1) is 0 Å². The number of methoxy groups -OCH3 is 1. The SMILES string of the molecule is COc1cccc(N2CC(C)(C)OC(C)(C)C2)c1N. The Balaban J connectivity index is 2.36. The van der Waals surface area contributed by atoms with Gasteiger partial charge in [0.25, 0.3) is 0 Å². The zero-order chi connectivity index (χ0) is 14.3. The summed E-state index contributed by atoms with van der Waals surface area (Å²) < 4.78 is 11.4. The number of ether oxygens (including phenoxy) is 2. The van der Waals surface area contributed by atoms with Crippen LogP contribution in [0.15, 0.2) is 18.2 Å². The fourth-order valence-corrected chi connectivity index (χ4v) is 2.94. The lowest BCUT2D eigenvalue weighted by atomic mass is 9.98. The predicted molar refractivity (Wildman–Crippen MR) is 78.9 cm³/mol. The van der Waals surface area contributed by atoms with E-state index in [1.54, 1.807) is 7.11 Å². The summed E-state index contributed by atoms with van der Waals surface area (Å²) in [5.74, 6) is 0.722. The second kappa shape index (κ2) is 4.60. The van der Waals surface area contributed by atoms with Crippen LogP contribution in [0.2, 0.25) is 0 Å². The molecule has 2 N–H and O–H groups in total. The number of benzene rings is 1. The standard InChI is InChI=1S/C15H24N2O2/c1-14(2)9-17(10-15(3,4)19-14)11-7-6-8-12(18-5)13(11)16/h6-8H,9-10,16H2,1-5H3. The van der Waals surface area contributed by atoms with Crippen molar-refractivity contribution in [1.82, 2.24) is 0 Å². The Morgan fingerprint density at radius 3 is 2.26 bits per heavy atom. The van der Waals surface area contributed by atoms with E-state index in [9.17, 15) is 0 Å². The molecule has 0 saturated carbocycles. The molecule has 1 fully saturated rings. The third kappa shape index (κ3) is 2.95. The molecule has 4 heteroatoms. The van der Waals surface area contributed by atoms with E-state index in [0.717, 1.165) is 24.5 Å². The van der Waals surface area contributed by atoms with Crippen LogP contribution in [-0.2, 0) is 4.74 Å². The fourth-order valence-electron chi connectivity index (χ4n) is 2.94. The lowest BCUT2D eigenvalue weighted by Gasteiger charge is -2.48. The zero-order valence-corrected chi connectivity index (χ0v) is 12.5. The highest BCUT2D eigenvalue weighted by Gasteiger charge is 2.38. The molecule has 19 heavy (non-hydrogen) atoms. The van der Waals surface area contributed by atoms with Gasteiger partial charge in [-0.1, -0.05) is 6.07 Å². The molecule has 1 aliphatic rings. The van der Waals surface area contributed by atoms with E-state index in [4.69, 9.17) is 15.2 Å². The number of nitrogens with zero attached hydrogens (tertiary/aromatic N) is 1. The molecule has 0 aliphatic carbocycles. The van der Waals surface area contributed by atoms with Crippen molar-refractivity contribution in [2.75, 3.05) is 30.8 Å². The highest BCUT2D eigenvalue weighted by Crippen LogP contribution is 2.37. The molecule has 1 heterocycles. The predicted octanol–water partition coefficient (Wildman–Crippen LogP) is 2.67. The van der Waals surface area contributed by atoms with Crippen molar-refractivity contribution in [3.63, 3.8) is 0 Å². The van der Waals surface area contributed by atoms with Crippen LogP contribution in [0.4, 0.5) is 11.4 Å². The minimum atomic E-state index is -0.197. The molecular weight excluding hydrogens is 240 g/mol. The summed E-state index contributed by atoms with van der Waals surface area (Å²) in [4.78, 5) is 2.28. The summed E-state index contributed by atoms with van der Waals surface area (Å²) in [6.07, 6.45) is 0. The first kappa shape index (κ1) is 14.0. The highest BCUT2D eigenvalue weighted by atomic mass is 16.5. The average molecular weight is 264 g/mol. The van der Waals surface area contributed by atoms with Crippen molar-refractivity contribution in [3.05, 3.63) is 18.2 Å². The minimum absolute atomic E-state index is 0.197. The summed E-state index contributed by atoms with van der Waals surface area (Å²) in [6.45, 7) is 10.1.